The minimum atomic E-state index is -0.630. The number of carbonyl (C=O) groups excluding carboxylic acids is 3. The quantitative estimate of drug-likeness (QED) is 0.217. The molecule has 3 rings (SSSR count). The second-order valence-corrected chi connectivity index (χ2v) is 12.4. The Morgan fingerprint density at radius 2 is 1.92 bits per heavy atom. The summed E-state index contributed by atoms with van der Waals surface area (Å²) in [6, 6.07) is 9.83. The smallest absolute Gasteiger partial charge is 0.407 e. The average Bonchev–Trinajstić information content (AvgIpc) is 3.26. The van der Waals surface area contributed by atoms with Crippen LogP contribution in [-0.2, 0) is 4.74 Å². The number of carbonyl (C=O) groups is 3. The van der Waals surface area contributed by atoms with E-state index in [4.69, 9.17) is 16.3 Å². The Labute approximate surface area is 240 Å². The van der Waals surface area contributed by atoms with Crippen molar-refractivity contribution in [3.05, 3.63) is 62.8 Å². The van der Waals surface area contributed by atoms with Crippen LogP contribution >= 0.6 is 39.3 Å². The first-order valence-corrected chi connectivity index (χ1v) is 14.5. The van der Waals surface area contributed by atoms with Crippen LogP contribution in [0.25, 0.3) is 11.0 Å². The number of rotatable bonds is 10. The molecule has 1 aromatic heterocycles. The van der Waals surface area contributed by atoms with E-state index in [-0.39, 0.29) is 24.3 Å². The molecule has 11 heteroatoms. The molecule has 2 atom stereocenters. The summed E-state index contributed by atoms with van der Waals surface area (Å²) in [7, 11) is 0. The number of hydrogen-bond donors (Lipinski definition) is 3. The number of ether oxygens (including phenoxy) is 1. The molecule has 0 aliphatic carbocycles. The van der Waals surface area contributed by atoms with Gasteiger partial charge in [0, 0.05) is 27.2 Å². The van der Waals surface area contributed by atoms with Crippen LogP contribution < -0.4 is 10.6 Å². The van der Waals surface area contributed by atoms with E-state index in [1.54, 1.807) is 51.1 Å². The van der Waals surface area contributed by atoms with Crippen molar-refractivity contribution in [1.82, 2.24) is 20.6 Å². The molecular formula is C27H32BrClN4O4S. The van der Waals surface area contributed by atoms with Gasteiger partial charge in [-0.2, -0.15) is 0 Å². The highest BCUT2D eigenvalue weighted by molar-refractivity contribution is 9.10. The number of halogens is 2. The number of aromatic amines is 1. The molecule has 2 aromatic carbocycles. The molecule has 8 nitrogen and oxygen atoms in total. The fourth-order valence-electron chi connectivity index (χ4n) is 3.56. The number of nitrogens with one attached hydrogen (secondary N) is 3. The summed E-state index contributed by atoms with van der Waals surface area (Å²) < 4.78 is 5.79. The minimum Gasteiger partial charge on any atom is -0.444 e. The van der Waals surface area contributed by atoms with Crippen LogP contribution in [0.15, 0.2) is 40.9 Å². The lowest BCUT2D eigenvalue weighted by atomic mass is 10.0. The van der Waals surface area contributed by atoms with Crippen molar-refractivity contribution in [3.8, 4) is 0 Å². The zero-order valence-corrected chi connectivity index (χ0v) is 25.1. The number of aromatic nitrogens is 2. The Hall–Kier alpha value is -2.56. The monoisotopic (exact) mass is 622 g/mol. The van der Waals surface area contributed by atoms with Crippen LogP contribution in [0.4, 0.5) is 4.79 Å². The SMILES string of the molecule is CCCSC(CNC(=O)OC(C)(C)C)C(=O)c1ccc(C(=O)N[C@@H](C)c2nc3ccc(Cl)cc3[nH]2)cc1Br. The van der Waals surface area contributed by atoms with Crippen molar-refractivity contribution in [3.63, 3.8) is 0 Å². The molecule has 0 spiro atoms. The normalized spacial score (nSPS) is 13.1. The number of fused-ring (bicyclic) bond motifs is 1. The lowest BCUT2D eigenvalue weighted by Crippen LogP contribution is -2.38. The van der Waals surface area contributed by atoms with E-state index >= 15 is 0 Å². The van der Waals surface area contributed by atoms with Crippen LogP contribution in [0.2, 0.25) is 5.02 Å². The number of amides is 2. The highest BCUT2D eigenvalue weighted by Gasteiger charge is 2.25. The fourth-order valence-corrected chi connectivity index (χ4v) is 5.31. The van der Waals surface area contributed by atoms with Gasteiger partial charge in [0.2, 0.25) is 0 Å². The maximum absolute atomic E-state index is 13.4. The van der Waals surface area contributed by atoms with Gasteiger partial charge in [-0.1, -0.05) is 34.5 Å². The molecule has 0 aliphatic rings. The van der Waals surface area contributed by atoms with E-state index in [1.165, 1.54) is 11.8 Å². The Morgan fingerprint density at radius 1 is 1.18 bits per heavy atom. The number of H-pyrrole nitrogens is 1. The van der Waals surface area contributed by atoms with Crippen molar-refractivity contribution in [1.29, 1.82) is 0 Å². The van der Waals surface area contributed by atoms with Gasteiger partial charge in [-0.05, 0) is 76.3 Å². The summed E-state index contributed by atoms with van der Waals surface area (Å²) in [6.07, 6.45) is 0.317. The number of Topliss-reactive ketones (excluding diaryl/α,β-unsaturated/α-hetero) is 1. The van der Waals surface area contributed by atoms with Gasteiger partial charge in [0.25, 0.3) is 5.91 Å². The number of nitrogens with zero attached hydrogens (tertiary/aromatic N) is 1. The minimum absolute atomic E-state index is 0.132. The van der Waals surface area contributed by atoms with E-state index in [1.807, 2.05) is 19.9 Å². The first-order valence-electron chi connectivity index (χ1n) is 12.3. The molecule has 1 heterocycles. The Balaban J connectivity index is 1.69. The largest absolute Gasteiger partial charge is 0.444 e. The third-order valence-corrected chi connectivity index (χ3v) is 7.68. The van der Waals surface area contributed by atoms with Crippen LogP contribution in [0.1, 0.15) is 73.6 Å². The molecule has 3 N–H and O–H groups in total. The third-order valence-electron chi connectivity index (χ3n) is 5.36. The maximum atomic E-state index is 13.4. The molecule has 3 aromatic rings. The predicted molar refractivity (Wildman–Crippen MR) is 156 cm³/mol. The summed E-state index contributed by atoms with van der Waals surface area (Å²) >= 11 is 11.0. The van der Waals surface area contributed by atoms with Gasteiger partial charge in [-0.15, -0.1) is 11.8 Å². The van der Waals surface area contributed by atoms with E-state index in [2.05, 4.69) is 36.5 Å². The van der Waals surface area contributed by atoms with Crippen LogP contribution in [0.3, 0.4) is 0 Å². The third kappa shape index (κ3) is 8.22. The summed E-state index contributed by atoms with van der Waals surface area (Å²) in [5, 5.41) is 5.73. The molecular weight excluding hydrogens is 592 g/mol. The van der Waals surface area contributed by atoms with E-state index < -0.39 is 16.9 Å². The predicted octanol–water partition coefficient (Wildman–Crippen LogP) is 6.69. The Morgan fingerprint density at radius 3 is 2.58 bits per heavy atom. The van der Waals surface area contributed by atoms with Crippen molar-refractivity contribution < 1.29 is 19.1 Å². The number of alkyl carbamates (subject to hydrolysis) is 1. The zero-order chi connectivity index (χ0) is 28.0. The summed E-state index contributed by atoms with van der Waals surface area (Å²) in [5.41, 5.74) is 1.74. The van der Waals surface area contributed by atoms with Gasteiger partial charge in [0.05, 0.1) is 22.3 Å². The molecule has 0 aliphatic heterocycles. The van der Waals surface area contributed by atoms with E-state index in [0.717, 1.165) is 23.2 Å². The lowest BCUT2D eigenvalue weighted by Gasteiger charge is -2.22. The van der Waals surface area contributed by atoms with Crippen LogP contribution in [-0.4, -0.2) is 50.9 Å². The topological polar surface area (TPSA) is 113 Å². The highest BCUT2D eigenvalue weighted by Crippen LogP contribution is 2.25. The summed E-state index contributed by atoms with van der Waals surface area (Å²) in [6.45, 7) is 9.33. The first kappa shape index (κ1) is 30.0. The molecule has 0 bridgehead atoms. The van der Waals surface area contributed by atoms with Gasteiger partial charge in [0.1, 0.15) is 11.4 Å². The second kappa shape index (κ2) is 13.0. The molecule has 0 saturated heterocycles. The summed E-state index contributed by atoms with van der Waals surface area (Å²) in [5.74, 6) is 0.915. The van der Waals surface area contributed by atoms with Gasteiger partial charge in [-0.3, -0.25) is 9.59 Å². The highest BCUT2D eigenvalue weighted by atomic mass is 79.9. The van der Waals surface area contributed by atoms with E-state index in [0.29, 0.717) is 26.4 Å². The van der Waals surface area contributed by atoms with Crippen LogP contribution in [0.5, 0.6) is 0 Å². The molecule has 0 fully saturated rings. The average molecular weight is 624 g/mol. The van der Waals surface area contributed by atoms with Gasteiger partial charge in [-0.25, -0.2) is 9.78 Å². The number of thioether (sulfide) groups is 1. The van der Waals surface area contributed by atoms with Crippen molar-refractivity contribution in [2.24, 2.45) is 0 Å². The lowest BCUT2D eigenvalue weighted by molar-refractivity contribution is 0.0528. The number of benzene rings is 2. The second-order valence-electron chi connectivity index (χ2n) is 9.78. The Bertz CT molecular complexity index is 1320. The maximum Gasteiger partial charge on any atom is 0.407 e. The molecule has 1 unspecified atom stereocenters. The zero-order valence-electron chi connectivity index (χ0n) is 22.0. The molecule has 38 heavy (non-hydrogen) atoms. The van der Waals surface area contributed by atoms with Crippen LogP contribution in [0, 0.1) is 0 Å². The molecule has 204 valence electrons. The Kier molecular flexibility index (Phi) is 10.3. The van der Waals surface area contributed by atoms with Crippen molar-refractivity contribution in [2.45, 2.75) is 57.9 Å². The molecule has 2 amide bonds. The van der Waals surface area contributed by atoms with Gasteiger partial charge < -0.3 is 20.4 Å². The summed E-state index contributed by atoms with van der Waals surface area (Å²) in [4.78, 5) is 46.1. The molecule has 0 saturated carbocycles. The van der Waals surface area contributed by atoms with Gasteiger partial charge >= 0.3 is 6.09 Å². The fraction of sp³-hybridized carbons (Fsp3) is 0.407. The number of ketones is 1. The first-order chi connectivity index (χ1) is 17.9. The van der Waals surface area contributed by atoms with Crippen molar-refractivity contribution >= 4 is 68.1 Å². The van der Waals surface area contributed by atoms with Crippen molar-refractivity contribution in [2.75, 3.05) is 12.3 Å². The standard InChI is InChI=1S/C27H32BrClN4O4S/c1-6-11-38-22(14-30-26(36)37-27(3,4)5)23(34)18-9-7-16(12-19(18)28)25(35)31-15(2)24-32-20-10-8-17(29)13-21(20)33-24/h7-10,12-13,15,22H,6,11,14H2,1-5H3,(H,30,36)(H,31,35)(H,32,33)/t15-,22?/m0/s1. The number of hydrogen-bond acceptors (Lipinski definition) is 6. The van der Waals surface area contributed by atoms with Gasteiger partial charge in [0.15, 0.2) is 5.78 Å². The van der Waals surface area contributed by atoms with E-state index in [9.17, 15) is 14.4 Å². The molecule has 0 radical (unpaired) electrons. The number of imidazole rings is 1.